The molecule has 1 saturated carbocycles. The Labute approximate surface area is 525 Å². The lowest BCUT2D eigenvalue weighted by molar-refractivity contribution is -0.146. The number of ether oxygens (including phenoxy) is 6. The molecule has 9 rings (SSSR count). The lowest BCUT2D eigenvalue weighted by Crippen LogP contribution is -2.60. The zero-order valence-corrected chi connectivity index (χ0v) is 52.4. The van der Waals surface area contributed by atoms with Gasteiger partial charge in [-0.05, 0) is 147 Å². The number of likely N-dealkylation sites (N-methyl/N-ethyl adjacent to an activating group) is 1. The Morgan fingerprint density at radius 2 is 1.49 bits per heavy atom. The number of alkyl halides is 2. The molecule has 0 spiro atoms. The first kappa shape index (κ1) is 66.9. The number of carbonyl (C=O) groups excluding carboxylic acids is 4. The van der Waals surface area contributed by atoms with E-state index in [4.69, 9.17) is 32.8 Å². The Morgan fingerprint density at radius 3 is 2.18 bits per heavy atom. The standard InChI is InChI=1S/C68H87F2N9O11/c1-45(71-5)64(81)76-62(68(2,3)4)67(83)78-42-52-37-54(23-20-49(52)38-58(78)59(80)39-50-14-10-13-48-12-6-7-15-55(48)50)89-36-35-88-34-33-87-32-31-86-30-29-85-28-27-84-26-9-8-11-46-18-21-53(22-19-46)79-43-56(61(77-79)63(69)70)74-65(82)57-44-90-66(75-57)51-24-25-72-60(40-51)73-41-47-16-17-47/h6-7,12,15,18-25,37,40,43-45,47,50,58,62-63,71H,8-11,13-14,16-17,26-36,38-39,41-42H2,1-5H3,(H,72,73)(H,74,82)(H,76,81)/t45-,50-,58-,62+/m0/s1. The highest BCUT2D eigenvalue weighted by molar-refractivity contribution is 6.03. The van der Waals surface area contributed by atoms with Crippen molar-refractivity contribution < 1.29 is 60.8 Å². The Morgan fingerprint density at radius 1 is 0.789 bits per heavy atom. The third kappa shape index (κ3) is 19.3. The van der Waals surface area contributed by atoms with Crippen LogP contribution in [0.3, 0.4) is 0 Å². The molecule has 0 unspecified atom stereocenters. The molecule has 4 atom stereocenters. The van der Waals surface area contributed by atoms with Crippen molar-refractivity contribution in [1.82, 2.24) is 35.3 Å². The van der Waals surface area contributed by atoms with Crippen LogP contribution in [0.25, 0.3) is 17.1 Å². The van der Waals surface area contributed by atoms with E-state index in [1.54, 1.807) is 49.3 Å². The molecule has 0 bridgehead atoms. The average molecular weight is 1240 g/mol. The maximum atomic E-state index is 14.7. The summed E-state index contributed by atoms with van der Waals surface area (Å²) in [4.78, 5) is 65.8. The molecule has 1 aliphatic heterocycles. The van der Waals surface area contributed by atoms with Gasteiger partial charge < -0.3 is 59.0 Å². The number of fused-ring (bicyclic) bond motifs is 2. The lowest BCUT2D eigenvalue weighted by atomic mass is 9.78. The SMILES string of the molecule is CN[C@@H](C)C(=O)N[C@H](C(=O)N1Cc2cc(OCCOCCOCCOCCOCCOCCCCc3ccc(-n4cc(NC(=O)c5coc(-c6ccnc(NCC7CC7)c6)n5)c(C(F)F)n4)cc3)ccc2C[C@H]1C(=O)C[C@@H]1CCCc2ccccc21)C(C)(C)C. The highest BCUT2D eigenvalue weighted by Gasteiger charge is 2.43. The first-order valence-electron chi connectivity index (χ1n) is 31.6. The fourth-order valence-corrected chi connectivity index (χ4v) is 11.1. The molecule has 484 valence electrons. The highest BCUT2D eigenvalue weighted by atomic mass is 19.3. The molecule has 3 aromatic heterocycles. The number of nitrogens with zero attached hydrogens (tertiary/aromatic N) is 5. The molecule has 3 aromatic carbocycles. The number of anilines is 2. The Hall–Kier alpha value is -7.47. The van der Waals surface area contributed by atoms with E-state index in [1.165, 1.54) is 41.1 Å². The molecule has 1 fully saturated rings. The van der Waals surface area contributed by atoms with Gasteiger partial charge in [0.05, 0.1) is 89.1 Å². The quantitative estimate of drug-likeness (QED) is 0.0268. The zero-order chi connectivity index (χ0) is 63.4. The topological polar surface area (TPSA) is 232 Å². The maximum absolute atomic E-state index is 14.7. The number of benzene rings is 3. The van der Waals surface area contributed by atoms with Gasteiger partial charge in [-0.3, -0.25) is 19.2 Å². The molecule has 4 heterocycles. The van der Waals surface area contributed by atoms with Gasteiger partial charge in [0.1, 0.15) is 30.5 Å². The summed E-state index contributed by atoms with van der Waals surface area (Å²) in [6.45, 7) is 13.2. The number of carbonyl (C=O) groups is 4. The van der Waals surface area contributed by atoms with Gasteiger partial charge in [-0.15, -0.1) is 0 Å². The zero-order valence-electron chi connectivity index (χ0n) is 52.4. The number of hydrogen-bond donors (Lipinski definition) is 4. The van der Waals surface area contributed by atoms with Crippen LogP contribution in [0.2, 0.25) is 0 Å². The van der Waals surface area contributed by atoms with Crippen molar-refractivity contribution in [3.05, 3.63) is 137 Å². The molecule has 6 aromatic rings. The van der Waals surface area contributed by atoms with Crippen LogP contribution in [-0.2, 0) is 63.9 Å². The van der Waals surface area contributed by atoms with E-state index < -0.39 is 41.6 Å². The number of aromatic nitrogens is 4. The normalized spacial score (nSPS) is 16.3. The van der Waals surface area contributed by atoms with E-state index in [9.17, 15) is 28.0 Å². The molecule has 22 heteroatoms. The molecule has 2 aliphatic carbocycles. The van der Waals surface area contributed by atoms with E-state index in [0.717, 1.165) is 61.8 Å². The van der Waals surface area contributed by atoms with Gasteiger partial charge >= 0.3 is 0 Å². The number of hydrogen-bond acceptors (Lipinski definition) is 16. The molecular formula is C68H87F2N9O11. The average Bonchev–Trinajstić information content (AvgIpc) is 1.21. The van der Waals surface area contributed by atoms with Gasteiger partial charge in [-0.1, -0.05) is 63.2 Å². The Bertz CT molecular complexity index is 3290. The van der Waals surface area contributed by atoms with E-state index in [-0.39, 0.29) is 47.3 Å². The van der Waals surface area contributed by atoms with Crippen molar-refractivity contribution in [3.8, 4) is 22.9 Å². The molecule has 0 radical (unpaired) electrons. The van der Waals surface area contributed by atoms with Crippen LogP contribution in [0.4, 0.5) is 20.3 Å². The lowest BCUT2D eigenvalue weighted by Gasteiger charge is -2.41. The van der Waals surface area contributed by atoms with Gasteiger partial charge in [-0.25, -0.2) is 23.4 Å². The smallest absolute Gasteiger partial charge is 0.284 e. The summed E-state index contributed by atoms with van der Waals surface area (Å²) in [5.41, 5.74) is 5.28. The third-order valence-electron chi connectivity index (χ3n) is 16.5. The van der Waals surface area contributed by atoms with Crippen LogP contribution in [0.15, 0.2) is 102 Å². The molecule has 3 amide bonds. The van der Waals surface area contributed by atoms with Gasteiger partial charge in [0.2, 0.25) is 17.7 Å². The van der Waals surface area contributed by atoms with Crippen molar-refractivity contribution in [3.63, 3.8) is 0 Å². The number of pyridine rings is 1. The summed E-state index contributed by atoms with van der Waals surface area (Å²) in [5.74, 6) is 1.03. The van der Waals surface area contributed by atoms with Crippen LogP contribution in [0.1, 0.15) is 129 Å². The van der Waals surface area contributed by atoms with Crippen LogP contribution >= 0.6 is 0 Å². The molecule has 90 heavy (non-hydrogen) atoms. The number of amides is 3. The number of Topliss-reactive ketones (excluding diaryl/α,β-unsaturated/α-hetero) is 1. The number of nitrogens with one attached hydrogen (secondary N) is 4. The van der Waals surface area contributed by atoms with E-state index in [0.29, 0.717) is 114 Å². The van der Waals surface area contributed by atoms with Crippen LogP contribution in [0, 0.1) is 11.3 Å². The fourth-order valence-electron chi connectivity index (χ4n) is 11.1. The molecule has 0 saturated heterocycles. The minimum absolute atomic E-state index is 0.0319. The van der Waals surface area contributed by atoms with E-state index >= 15 is 0 Å². The number of halogens is 2. The largest absolute Gasteiger partial charge is 0.491 e. The summed E-state index contributed by atoms with van der Waals surface area (Å²) < 4.78 is 69.7. The van der Waals surface area contributed by atoms with Crippen molar-refractivity contribution in [2.75, 3.05) is 96.9 Å². The number of unbranched alkanes of at least 4 members (excludes halogenated alkanes) is 1. The molecular weight excluding hydrogens is 1160 g/mol. The van der Waals surface area contributed by atoms with Crippen molar-refractivity contribution >= 4 is 35.0 Å². The van der Waals surface area contributed by atoms with E-state index in [1.807, 2.05) is 57.2 Å². The van der Waals surface area contributed by atoms with Crippen LogP contribution < -0.4 is 26.0 Å². The molecule has 3 aliphatic rings. The first-order chi connectivity index (χ1) is 43.6. The number of ketones is 1. The van der Waals surface area contributed by atoms with Crippen molar-refractivity contribution in [2.24, 2.45) is 11.3 Å². The molecule has 4 N–H and O–H groups in total. The van der Waals surface area contributed by atoms with Crippen molar-refractivity contribution in [1.29, 1.82) is 0 Å². The number of rotatable bonds is 36. The van der Waals surface area contributed by atoms with E-state index in [2.05, 4.69) is 54.5 Å². The number of aryl methyl sites for hydroxylation is 2. The predicted molar refractivity (Wildman–Crippen MR) is 336 cm³/mol. The first-order valence-corrected chi connectivity index (χ1v) is 31.6. The highest BCUT2D eigenvalue weighted by Crippen LogP contribution is 2.38. The second-order valence-electron chi connectivity index (χ2n) is 24.3. The summed E-state index contributed by atoms with van der Waals surface area (Å²) in [6, 6.07) is 23.1. The monoisotopic (exact) mass is 1240 g/mol. The summed E-state index contributed by atoms with van der Waals surface area (Å²) in [5, 5.41) is 15.9. The van der Waals surface area contributed by atoms with Crippen LogP contribution in [-0.4, -0.2) is 153 Å². The van der Waals surface area contributed by atoms with Gasteiger partial charge in [0, 0.05) is 44.3 Å². The minimum Gasteiger partial charge on any atom is -0.491 e. The maximum Gasteiger partial charge on any atom is 0.284 e. The predicted octanol–water partition coefficient (Wildman–Crippen LogP) is 9.89. The summed E-state index contributed by atoms with van der Waals surface area (Å²) in [6.07, 6.45) is 9.86. The third-order valence-corrected chi connectivity index (χ3v) is 16.5. The second kappa shape index (κ2) is 33.0. The Balaban J connectivity index is 0.601. The van der Waals surface area contributed by atoms with Gasteiger partial charge in [-0.2, -0.15) is 5.10 Å². The van der Waals surface area contributed by atoms with Crippen molar-refractivity contribution in [2.45, 2.75) is 129 Å². The van der Waals surface area contributed by atoms with Gasteiger partial charge in [0.15, 0.2) is 17.2 Å². The summed E-state index contributed by atoms with van der Waals surface area (Å²) in [7, 11) is 1.70. The molecule has 20 nitrogen and oxygen atoms in total. The summed E-state index contributed by atoms with van der Waals surface area (Å²) >= 11 is 0. The van der Waals surface area contributed by atoms with Crippen LogP contribution in [0.5, 0.6) is 5.75 Å². The second-order valence-corrected chi connectivity index (χ2v) is 24.3. The minimum atomic E-state index is -2.93. The Kier molecular flexibility index (Phi) is 24.6. The number of oxazole rings is 1. The van der Waals surface area contributed by atoms with Gasteiger partial charge in [0.25, 0.3) is 12.3 Å². The fraction of sp³-hybridized carbons (Fsp3) is 0.515.